The Morgan fingerprint density at radius 3 is 3.06 bits per heavy atom. The second kappa shape index (κ2) is 7.87. The van der Waals surface area contributed by atoms with Crippen LogP contribution in [0.25, 0.3) is 0 Å². The van der Waals surface area contributed by atoms with Gasteiger partial charge in [-0.15, -0.1) is 0 Å². The number of rotatable bonds is 8. The summed E-state index contributed by atoms with van der Waals surface area (Å²) >= 11 is 0. The van der Waals surface area contributed by atoms with Crippen LogP contribution in [0, 0.1) is 0 Å². The first-order valence-electron chi connectivity index (χ1n) is 5.63. The summed E-state index contributed by atoms with van der Waals surface area (Å²) in [5.41, 5.74) is 0. The van der Waals surface area contributed by atoms with Gasteiger partial charge in [-0.3, -0.25) is 4.79 Å². The monoisotopic (exact) mass is 225 g/mol. The first kappa shape index (κ1) is 12.7. The molecule has 0 radical (unpaired) electrons. The molecule has 1 amide bonds. The number of hydrogen-bond donors (Lipinski definition) is 1. The van der Waals surface area contributed by atoms with Gasteiger partial charge in [-0.1, -0.05) is 0 Å². The molecule has 1 aromatic rings. The third kappa shape index (κ3) is 5.50. The van der Waals surface area contributed by atoms with E-state index in [2.05, 4.69) is 10.3 Å². The summed E-state index contributed by atoms with van der Waals surface area (Å²) in [7, 11) is 0. The lowest BCUT2D eigenvalue weighted by Gasteiger charge is -2.05. The van der Waals surface area contributed by atoms with Crippen LogP contribution in [0.3, 0.4) is 0 Å². The second-order valence-corrected chi connectivity index (χ2v) is 3.49. The molecule has 0 atom stereocenters. The molecule has 1 N–H and O–H groups in total. The molecule has 1 aromatic heterocycles. The fourth-order valence-corrected chi connectivity index (χ4v) is 1.31. The molecular formula is C11H19N3O2. The van der Waals surface area contributed by atoms with Gasteiger partial charge in [0.25, 0.3) is 0 Å². The van der Waals surface area contributed by atoms with Gasteiger partial charge in [-0.25, -0.2) is 4.98 Å². The molecule has 0 unspecified atom stereocenters. The Kier molecular flexibility index (Phi) is 6.25. The number of nitrogens with zero attached hydrogens (tertiary/aromatic N) is 2. The van der Waals surface area contributed by atoms with Crippen LogP contribution in [0.1, 0.15) is 19.8 Å². The molecule has 0 aliphatic rings. The third-order valence-electron chi connectivity index (χ3n) is 2.16. The Morgan fingerprint density at radius 1 is 1.50 bits per heavy atom. The number of nitrogens with one attached hydrogen (secondary N) is 1. The van der Waals surface area contributed by atoms with E-state index >= 15 is 0 Å². The van der Waals surface area contributed by atoms with Gasteiger partial charge < -0.3 is 14.6 Å². The van der Waals surface area contributed by atoms with Crippen molar-refractivity contribution in [2.24, 2.45) is 0 Å². The lowest BCUT2D eigenvalue weighted by Crippen LogP contribution is -2.28. The molecule has 0 saturated heterocycles. The number of ether oxygens (including phenoxy) is 1. The maximum Gasteiger partial charge on any atom is 0.245 e. The Hall–Kier alpha value is -1.36. The number of carbonyl (C=O) groups is 1. The average molecular weight is 225 g/mol. The summed E-state index contributed by atoms with van der Waals surface area (Å²) in [6.07, 6.45) is 7.51. The van der Waals surface area contributed by atoms with Crippen LogP contribution in [0.4, 0.5) is 0 Å². The highest BCUT2D eigenvalue weighted by atomic mass is 16.5. The van der Waals surface area contributed by atoms with E-state index in [9.17, 15) is 4.79 Å². The van der Waals surface area contributed by atoms with Crippen LogP contribution in [0.2, 0.25) is 0 Å². The second-order valence-electron chi connectivity index (χ2n) is 3.49. The molecule has 0 aromatic carbocycles. The maximum atomic E-state index is 11.1. The zero-order valence-corrected chi connectivity index (χ0v) is 9.69. The topological polar surface area (TPSA) is 56.1 Å². The highest BCUT2D eigenvalue weighted by molar-refractivity contribution is 5.77. The predicted octanol–water partition coefficient (Wildman–Crippen LogP) is 0.816. The van der Waals surface area contributed by atoms with E-state index in [1.807, 2.05) is 17.7 Å². The lowest BCUT2D eigenvalue weighted by atomic mass is 10.3. The van der Waals surface area contributed by atoms with E-state index in [0.717, 1.165) is 19.4 Å². The SMILES string of the molecule is CCOCC(=O)NCCCCn1ccnc1. The van der Waals surface area contributed by atoms with Crippen molar-refractivity contribution in [3.05, 3.63) is 18.7 Å². The smallest absolute Gasteiger partial charge is 0.245 e. The van der Waals surface area contributed by atoms with E-state index in [-0.39, 0.29) is 12.5 Å². The van der Waals surface area contributed by atoms with Crippen molar-refractivity contribution in [1.29, 1.82) is 0 Å². The van der Waals surface area contributed by atoms with Crippen molar-refractivity contribution in [3.8, 4) is 0 Å². The molecule has 1 heterocycles. The number of hydrogen-bond acceptors (Lipinski definition) is 3. The van der Waals surface area contributed by atoms with Crippen molar-refractivity contribution in [3.63, 3.8) is 0 Å². The normalized spacial score (nSPS) is 10.3. The van der Waals surface area contributed by atoms with Gasteiger partial charge in [-0.05, 0) is 19.8 Å². The van der Waals surface area contributed by atoms with E-state index < -0.39 is 0 Å². The molecule has 0 aliphatic heterocycles. The van der Waals surface area contributed by atoms with Gasteiger partial charge in [0.05, 0.1) is 6.33 Å². The van der Waals surface area contributed by atoms with Gasteiger partial charge in [0.1, 0.15) is 6.61 Å². The highest BCUT2D eigenvalue weighted by Gasteiger charge is 1.98. The number of imidazole rings is 1. The van der Waals surface area contributed by atoms with E-state index in [4.69, 9.17) is 4.74 Å². The van der Waals surface area contributed by atoms with Crippen LogP contribution in [-0.2, 0) is 16.1 Å². The van der Waals surface area contributed by atoms with Crippen LogP contribution in [0.15, 0.2) is 18.7 Å². The zero-order valence-electron chi connectivity index (χ0n) is 9.69. The fraction of sp³-hybridized carbons (Fsp3) is 0.636. The van der Waals surface area contributed by atoms with Gasteiger partial charge in [0, 0.05) is 32.1 Å². The largest absolute Gasteiger partial charge is 0.372 e. The summed E-state index contributed by atoms with van der Waals surface area (Å²) in [5, 5.41) is 2.81. The molecule has 0 bridgehead atoms. The van der Waals surface area contributed by atoms with E-state index in [1.54, 1.807) is 12.5 Å². The van der Waals surface area contributed by atoms with Gasteiger partial charge in [-0.2, -0.15) is 0 Å². The molecule has 0 spiro atoms. The molecular weight excluding hydrogens is 206 g/mol. The van der Waals surface area contributed by atoms with Crippen LogP contribution < -0.4 is 5.32 Å². The predicted molar refractivity (Wildman–Crippen MR) is 61.0 cm³/mol. The molecule has 5 heteroatoms. The quantitative estimate of drug-likeness (QED) is 0.666. The summed E-state index contributed by atoms with van der Waals surface area (Å²) in [6, 6.07) is 0. The Labute approximate surface area is 95.8 Å². The molecule has 1 rings (SSSR count). The Balaban J connectivity index is 1.93. The maximum absolute atomic E-state index is 11.1. The first-order valence-corrected chi connectivity index (χ1v) is 5.63. The first-order chi connectivity index (χ1) is 7.83. The summed E-state index contributed by atoms with van der Waals surface area (Å²) in [6.45, 7) is 4.27. The lowest BCUT2D eigenvalue weighted by molar-refractivity contribution is -0.125. The van der Waals surface area contributed by atoms with Gasteiger partial charge >= 0.3 is 0 Å². The molecule has 16 heavy (non-hydrogen) atoms. The summed E-state index contributed by atoms with van der Waals surface area (Å²) in [4.78, 5) is 15.1. The number of unbranched alkanes of at least 4 members (excludes halogenated alkanes) is 1. The van der Waals surface area contributed by atoms with Crippen LogP contribution >= 0.6 is 0 Å². The highest BCUT2D eigenvalue weighted by Crippen LogP contribution is 1.93. The van der Waals surface area contributed by atoms with Crippen molar-refractivity contribution in [1.82, 2.24) is 14.9 Å². The number of aryl methyl sites for hydroxylation is 1. The minimum atomic E-state index is -0.0375. The van der Waals surface area contributed by atoms with Gasteiger partial charge in [0.15, 0.2) is 0 Å². The van der Waals surface area contributed by atoms with Crippen molar-refractivity contribution in [2.45, 2.75) is 26.3 Å². The zero-order chi connectivity index (χ0) is 11.6. The van der Waals surface area contributed by atoms with E-state index in [0.29, 0.717) is 13.2 Å². The molecule has 0 fully saturated rings. The number of carbonyl (C=O) groups excluding carboxylic acids is 1. The average Bonchev–Trinajstić information content (AvgIpc) is 2.79. The summed E-state index contributed by atoms with van der Waals surface area (Å²) < 4.78 is 7.02. The molecule has 0 saturated carbocycles. The molecule has 90 valence electrons. The van der Waals surface area contributed by atoms with Crippen molar-refractivity contribution < 1.29 is 9.53 Å². The minimum absolute atomic E-state index is 0.0375. The van der Waals surface area contributed by atoms with Crippen LogP contribution in [0.5, 0.6) is 0 Å². The van der Waals surface area contributed by atoms with Gasteiger partial charge in [0.2, 0.25) is 5.91 Å². The fourth-order valence-electron chi connectivity index (χ4n) is 1.31. The van der Waals surface area contributed by atoms with Crippen LogP contribution in [-0.4, -0.2) is 35.2 Å². The van der Waals surface area contributed by atoms with E-state index in [1.165, 1.54) is 0 Å². The molecule has 5 nitrogen and oxygen atoms in total. The Bertz CT molecular complexity index is 285. The number of amides is 1. The van der Waals surface area contributed by atoms with Crippen molar-refractivity contribution >= 4 is 5.91 Å². The van der Waals surface area contributed by atoms with Crippen molar-refractivity contribution in [2.75, 3.05) is 19.8 Å². The minimum Gasteiger partial charge on any atom is -0.372 e. The summed E-state index contributed by atoms with van der Waals surface area (Å²) in [5.74, 6) is -0.0375. The molecule has 0 aliphatic carbocycles. The number of aromatic nitrogens is 2. The Morgan fingerprint density at radius 2 is 2.38 bits per heavy atom. The standard InChI is InChI=1S/C11H19N3O2/c1-2-16-9-11(15)13-5-3-4-7-14-8-6-12-10-14/h6,8,10H,2-5,7,9H2,1H3,(H,13,15). The third-order valence-corrected chi connectivity index (χ3v) is 2.16.